The summed E-state index contributed by atoms with van der Waals surface area (Å²) in [4.78, 5) is 0. The Labute approximate surface area is 98.0 Å². The third-order valence-electron chi connectivity index (χ3n) is 2.10. The van der Waals surface area contributed by atoms with E-state index in [1.807, 2.05) is 35.2 Å². The molecule has 0 amide bonds. The quantitative estimate of drug-likeness (QED) is 0.781. The van der Waals surface area contributed by atoms with E-state index in [-0.39, 0.29) is 0 Å². The van der Waals surface area contributed by atoms with Gasteiger partial charge in [-0.15, -0.1) is 0 Å². The lowest BCUT2D eigenvalue weighted by molar-refractivity contribution is 0.415. The molecule has 0 unspecified atom stereocenters. The van der Waals surface area contributed by atoms with Crippen LogP contribution >= 0.6 is 23.2 Å². The maximum atomic E-state index is 6.09. The number of nitrogens with zero attached hydrogens (tertiary/aromatic N) is 1. The van der Waals surface area contributed by atoms with Gasteiger partial charge < -0.3 is 9.30 Å². The summed E-state index contributed by atoms with van der Waals surface area (Å²) >= 11 is 12.0. The van der Waals surface area contributed by atoms with Crippen LogP contribution in [0.4, 0.5) is 0 Å². The van der Waals surface area contributed by atoms with Gasteiger partial charge in [0.05, 0.1) is 22.8 Å². The van der Waals surface area contributed by atoms with E-state index in [9.17, 15) is 0 Å². The van der Waals surface area contributed by atoms with Gasteiger partial charge in [-0.25, -0.2) is 0 Å². The van der Waals surface area contributed by atoms with Crippen LogP contribution in [-0.4, -0.2) is 11.7 Å². The molecule has 15 heavy (non-hydrogen) atoms. The van der Waals surface area contributed by atoms with Crippen molar-refractivity contribution in [2.24, 2.45) is 0 Å². The number of methoxy groups -OCH3 is 1. The normalized spacial score (nSPS) is 10.3. The minimum Gasteiger partial charge on any atom is -0.495 e. The van der Waals surface area contributed by atoms with Crippen LogP contribution in [0.15, 0.2) is 36.7 Å². The third kappa shape index (κ3) is 1.96. The van der Waals surface area contributed by atoms with Crippen LogP contribution in [0.5, 0.6) is 5.75 Å². The molecule has 0 fully saturated rings. The molecule has 1 aromatic carbocycles. The van der Waals surface area contributed by atoms with Gasteiger partial charge in [-0.2, -0.15) is 0 Å². The molecule has 0 saturated heterocycles. The molecule has 0 saturated carbocycles. The first-order chi connectivity index (χ1) is 7.22. The van der Waals surface area contributed by atoms with Gasteiger partial charge >= 0.3 is 0 Å². The Kier molecular flexibility index (Phi) is 2.89. The van der Waals surface area contributed by atoms with E-state index in [4.69, 9.17) is 27.9 Å². The Morgan fingerprint density at radius 3 is 2.33 bits per heavy atom. The summed E-state index contributed by atoms with van der Waals surface area (Å²) in [5.41, 5.74) is 0.850. The second kappa shape index (κ2) is 4.17. The van der Waals surface area contributed by atoms with E-state index in [0.717, 1.165) is 5.69 Å². The standard InChI is InChI=1S/C11H9Cl2NO/c1-15-11-7-10(8(12)6-9(11)13)14-4-2-3-5-14/h2-7H,1H3. The van der Waals surface area contributed by atoms with Gasteiger partial charge in [-0.3, -0.25) is 0 Å². The van der Waals surface area contributed by atoms with E-state index in [2.05, 4.69) is 0 Å². The van der Waals surface area contributed by atoms with Gasteiger partial charge in [0.15, 0.2) is 0 Å². The van der Waals surface area contributed by atoms with Crippen molar-refractivity contribution < 1.29 is 4.74 Å². The summed E-state index contributed by atoms with van der Waals surface area (Å²) in [6, 6.07) is 7.34. The monoisotopic (exact) mass is 241 g/mol. The summed E-state index contributed by atoms with van der Waals surface area (Å²) in [5.74, 6) is 0.616. The number of rotatable bonds is 2. The smallest absolute Gasteiger partial charge is 0.139 e. The van der Waals surface area contributed by atoms with Crippen molar-refractivity contribution in [1.82, 2.24) is 4.57 Å². The molecule has 0 aliphatic rings. The van der Waals surface area contributed by atoms with E-state index in [1.165, 1.54) is 0 Å². The van der Waals surface area contributed by atoms with Crippen LogP contribution in [0.2, 0.25) is 10.0 Å². The summed E-state index contributed by atoms with van der Waals surface area (Å²) in [6.07, 6.45) is 3.82. The molecular formula is C11H9Cl2NO. The van der Waals surface area contributed by atoms with Crippen LogP contribution < -0.4 is 4.74 Å². The topological polar surface area (TPSA) is 14.2 Å². The fourth-order valence-corrected chi connectivity index (χ4v) is 1.93. The van der Waals surface area contributed by atoms with Gasteiger partial charge in [0.1, 0.15) is 5.75 Å². The zero-order valence-electron chi connectivity index (χ0n) is 8.08. The second-order valence-corrected chi connectivity index (χ2v) is 3.84. The summed E-state index contributed by atoms with van der Waals surface area (Å²) in [6.45, 7) is 0. The molecule has 1 aromatic heterocycles. The molecule has 0 radical (unpaired) electrons. The summed E-state index contributed by atoms with van der Waals surface area (Å²) in [5, 5.41) is 1.11. The van der Waals surface area contributed by atoms with Crippen LogP contribution in [0.3, 0.4) is 0 Å². The van der Waals surface area contributed by atoms with Gasteiger partial charge in [0, 0.05) is 18.5 Å². The average Bonchev–Trinajstić information content (AvgIpc) is 2.71. The van der Waals surface area contributed by atoms with Crippen molar-refractivity contribution >= 4 is 23.2 Å². The van der Waals surface area contributed by atoms with Gasteiger partial charge in [-0.1, -0.05) is 23.2 Å². The highest BCUT2D eigenvalue weighted by Gasteiger charge is 2.08. The average molecular weight is 242 g/mol. The Morgan fingerprint density at radius 1 is 1.07 bits per heavy atom. The molecule has 2 nitrogen and oxygen atoms in total. The molecule has 78 valence electrons. The van der Waals surface area contributed by atoms with Crippen molar-refractivity contribution in [2.75, 3.05) is 7.11 Å². The number of ether oxygens (including phenoxy) is 1. The Balaban J connectivity index is 2.57. The Bertz CT molecular complexity index is 466. The van der Waals surface area contributed by atoms with E-state index in [0.29, 0.717) is 15.8 Å². The second-order valence-electron chi connectivity index (χ2n) is 3.03. The number of hydrogen-bond donors (Lipinski definition) is 0. The summed E-state index contributed by atoms with van der Waals surface area (Å²) in [7, 11) is 1.58. The van der Waals surface area contributed by atoms with Crippen LogP contribution in [0.1, 0.15) is 0 Å². The molecule has 1 heterocycles. The summed E-state index contributed by atoms with van der Waals surface area (Å²) < 4.78 is 7.04. The highest BCUT2D eigenvalue weighted by Crippen LogP contribution is 2.32. The lowest BCUT2D eigenvalue weighted by atomic mass is 10.3. The van der Waals surface area contributed by atoms with Crippen molar-refractivity contribution in [2.45, 2.75) is 0 Å². The number of halogens is 2. The zero-order chi connectivity index (χ0) is 10.8. The first-order valence-corrected chi connectivity index (χ1v) is 5.14. The predicted molar refractivity (Wildman–Crippen MR) is 62.3 cm³/mol. The first kappa shape index (κ1) is 10.4. The molecular weight excluding hydrogens is 233 g/mol. The molecule has 0 bridgehead atoms. The highest BCUT2D eigenvalue weighted by molar-refractivity contribution is 6.36. The van der Waals surface area contributed by atoms with Crippen molar-refractivity contribution in [3.63, 3.8) is 0 Å². The van der Waals surface area contributed by atoms with Gasteiger partial charge in [-0.05, 0) is 18.2 Å². The fourth-order valence-electron chi connectivity index (χ4n) is 1.37. The van der Waals surface area contributed by atoms with Crippen LogP contribution in [0.25, 0.3) is 5.69 Å². The van der Waals surface area contributed by atoms with Gasteiger partial charge in [0.25, 0.3) is 0 Å². The zero-order valence-corrected chi connectivity index (χ0v) is 9.59. The molecule has 0 N–H and O–H groups in total. The van der Waals surface area contributed by atoms with Crippen molar-refractivity contribution in [3.8, 4) is 11.4 Å². The van der Waals surface area contributed by atoms with E-state index in [1.54, 1.807) is 13.2 Å². The maximum Gasteiger partial charge on any atom is 0.139 e. The maximum absolute atomic E-state index is 6.09. The van der Waals surface area contributed by atoms with Crippen molar-refractivity contribution in [3.05, 3.63) is 46.7 Å². The third-order valence-corrected chi connectivity index (χ3v) is 2.70. The van der Waals surface area contributed by atoms with Crippen LogP contribution in [0, 0.1) is 0 Å². The SMILES string of the molecule is COc1cc(-n2cccc2)c(Cl)cc1Cl. The van der Waals surface area contributed by atoms with Crippen LogP contribution in [-0.2, 0) is 0 Å². The minimum atomic E-state index is 0.512. The highest BCUT2D eigenvalue weighted by atomic mass is 35.5. The first-order valence-electron chi connectivity index (χ1n) is 4.39. The molecule has 4 heteroatoms. The number of aromatic nitrogens is 1. The minimum absolute atomic E-state index is 0.512. The number of hydrogen-bond acceptors (Lipinski definition) is 1. The molecule has 2 rings (SSSR count). The lowest BCUT2D eigenvalue weighted by Crippen LogP contribution is -1.93. The Morgan fingerprint density at radius 2 is 1.73 bits per heavy atom. The molecule has 0 spiro atoms. The van der Waals surface area contributed by atoms with E-state index >= 15 is 0 Å². The van der Waals surface area contributed by atoms with Gasteiger partial charge in [0.2, 0.25) is 0 Å². The lowest BCUT2D eigenvalue weighted by Gasteiger charge is -2.09. The largest absolute Gasteiger partial charge is 0.495 e. The molecule has 2 aromatic rings. The molecule has 0 aliphatic carbocycles. The molecule has 0 atom stereocenters. The number of benzene rings is 1. The fraction of sp³-hybridized carbons (Fsp3) is 0.0909. The van der Waals surface area contributed by atoms with E-state index < -0.39 is 0 Å². The molecule has 0 aliphatic heterocycles. The van der Waals surface area contributed by atoms with Crippen molar-refractivity contribution in [1.29, 1.82) is 0 Å². The predicted octanol–water partition coefficient (Wildman–Crippen LogP) is 3.79. The Hall–Kier alpha value is -1.12.